The molecule has 1 unspecified atom stereocenters. The third-order valence-corrected chi connectivity index (χ3v) is 5.02. The fourth-order valence-electron chi connectivity index (χ4n) is 2.69. The molecule has 1 aromatic carbocycles. The summed E-state index contributed by atoms with van der Waals surface area (Å²) in [7, 11) is 3.04. The molecule has 1 atom stereocenters. The van der Waals surface area contributed by atoms with Crippen LogP contribution in [0.2, 0.25) is 0 Å². The summed E-state index contributed by atoms with van der Waals surface area (Å²) in [5.41, 5.74) is 1.31. The average Bonchev–Trinajstić information content (AvgIpc) is 2.53. The number of hydrogen-bond donors (Lipinski definition) is 2. The van der Waals surface area contributed by atoms with Gasteiger partial charge in [-0.25, -0.2) is 9.59 Å². The summed E-state index contributed by atoms with van der Waals surface area (Å²) in [4.78, 5) is 24.7. The Hall–Kier alpha value is -1.74. The van der Waals surface area contributed by atoms with Crippen molar-refractivity contribution in [1.29, 1.82) is 0 Å². The van der Waals surface area contributed by atoms with E-state index in [1.54, 1.807) is 26.8 Å². The molecule has 0 bridgehead atoms. The van der Waals surface area contributed by atoms with E-state index in [0.29, 0.717) is 37.3 Å². The molecule has 0 fully saturated rings. The van der Waals surface area contributed by atoms with E-state index in [9.17, 15) is 9.59 Å². The minimum absolute atomic E-state index is 0.294. The first-order valence-electron chi connectivity index (χ1n) is 7.80. The lowest BCUT2D eigenvalue weighted by Gasteiger charge is -2.30. The van der Waals surface area contributed by atoms with Gasteiger partial charge in [-0.3, -0.25) is 0 Å². The Morgan fingerprint density at radius 1 is 1.19 bits per heavy atom. The Morgan fingerprint density at radius 3 is 2.35 bits per heavy atom. The maximum Gasteiger partial charge on any atom is 0.338 e. The monoisotopic (exact) mass is 490 g/mol. The normalized spacial score (nSPS) is 16.9. The topological polar surface area (TPSA) is 85.9 Å². The second-order valence-corrected chi connectivity index (χ2v) is 7.50. The summed E-state index contributed by atoms with van der Waals surface area (Å²) >= 11 is 6.90. The van der Waals surface area contributed by atoms with Gasteiger partial charge in [-0.15, -0.1) is 0 Å². The first-order chi connectivity index (χ1) is 12.2. The van der Waals surface area contributed by atoms with Gasteiger partial charge >= 0.3 is 12.0 Å². The lowest BCUT2D eigenvalue weighted by molar-refractivity contribution is -0.143. The van der Waals surface area contributed by atoms with E-state index in [0.717, 1.165) is 0 Å². The number of esters is 1. The van der Waals surface area contributed by atoms with E-state index >= 15 is 0 Å². The SMILES string of the molecule is COc1c(Br)cc(C2NC(=O)NC(C)=C2C(=O)OC(C)C)c(OC)c1Br. The van der Waals surface area contributed by atoms with Crippen molar-refractivity contribution in [2.24, 2.45) is 0 Å². The van der Waals surface area contributed by atoms with Crippen LogP contribution in [0.5, 0.6) is 11.5 Å². The Bertz CT molecular complexity index is 777. The van der Waals surface area contributed by atoms with E-state index in [1.807, 2.05) is 0 Å². The maximum absolute atomic E-state index is 12.6. The van der Waals surface area contributed by atoms with Crippen LogP contribution in [0, 0.1) is 0 Å². The number of carbonyl (C=O) groups is 2. The number of benzene rings is 1. The molecule has 7 nitrogen and oxygen atoms in total. The van der Waals surface area contributed by atoms with Crippen LogP contribution < -0.4 is 20.1 Å². The summed E-state index contributed by atoms with van der Waals surface area (Å²) in [6.07, 6.45) is -0.294. The molecule has 1 aliphatic heterocycles. The van der Waals surface area contributed by atoms with Crippen molar-refractivity contribution in [3.63, 3.8) is 0 Å². The smallest absolute Gasteiger partial charge is 0.338 e. The van der Waals surface area contributed by atoms with Crippen LogP contribution in [0.4, 0.5) is 4.79 Å². The van der Waals surface area contributed by atoms with Crippen molar-refractivity contribution in [1.82, 2.24) is 10.6 Å². The molecular weight excluding hydrogens is 472 g/mol. The van der Waals surface area contributed by atoms with Crippen LogP contribution in [0.25, 0.3) is 0 Å². The molecule has 1 aliphatic rings. The van der Waals surface area contributed by atoms with Gasteiger partial charge in [-0.05, 0) is 58.7 Å². The summed E-state index contributed by atoms with van der Waals surface area (Å²) < 4.78 is 17.4. The number of amides is 2. The van der Waals surface area contributed by atoms with Crippen LogP contribution in [0.1, 0.15) is 32.4 Å². The van der Waals surface area contributed by atoms with E-state index in [4.69, 9.17) is 14.2 Å². The number of nitrogens with one attached hydrogen (secondary N) is 2. The Kier molecular flexibility index (Phi) is 6.57. The summed E-state index contributed by atoms with van der Waals surface area (Å²) in [5, 5.41) is 5.38. The first kappa shape index (κ1) is 20.6. The lowest BCUT2D eigenvalue weighted by Crippen LogP contribution is -2.45. The van der Waals surface area contributed by atoms with E-state index in [-0.39, 0.29) is 6.10 Å². The zero-order chi connectivity index (χ0) is 19.6. The van der Waals surface area contributed by atoms with Gasteiger partial charge in [0.2, 0.25) is 0 Å². The van der Waals surface area contributed by atoms with E-state index < -0.39 is 18.0 Å². The predicted octanol–water partition coefficient (Wildman–Crippen LogP) is 3.81. The number of allylic oxidation sites excluding steroid dienone is 1. The van der Waals surface area contributed by atoms with Crippen molar-refractivity contribution in [2.45, 2.75) is 32.9 Å². The second-order valence-electron chi connectivity index (χ2n) is 5.85. The summed E-state index contributed by atoms with van der Waals surface area (Å²) in [6, 6.07) is 0.580. The van der Waals surface area contributed by atoms with Gasteiger partial charge in [0.05, 0.1) is 36.4 Å². The number of carbonyl (C=O) groups excluding carboxylic acids is 2. The van der Waals surface area contributed by atoms with Crippen LogP contribution in [-0.4, -0.2) is 32.3 Å². The van der Waals surface area contributed by atoms with Crippen LogP contribution >= 0.6 is 31.9 Å². The molecule has 2 rings (SSSR count). The van der Waals surface area contributed by atoms with Gasteiger partial charge in [0.15, 0.2) is 5.75 Å². The van der Waals surface area contributed by atoms with Gasteiger partial charge in [-0.1, -0.05) is 0 Å². The quantitative estimate of drug-likeness (QED) is 0.611. The Morgan fingerprint density at radius 2 is 1.81 bits per heavy atom. The molecular formula is C17H20Br2N2O5. The molecule has 0 saturated carbocycles. The zero-order valence-corrected chi connectivity index (χ0v) is 18.2. The Balaban J connectivity index is 2.65. The summed E-state index contributed by atoms with van der Waals surface area (Å²) in [6.45, 7) is 5.18. The predicted molar refractivity (Wildman–Crippen MR) is 103 cm³/mol. The van der Waals surface area contributed by atoms with Crippen molar-refractivity contribution in [2.75, 3.05) is 14.2 Å². The number of methoxy groups -OCH3 is 2. The molecule has 26 heavy (non-hydrogen) atoms. The maximum atomic E-state index is 12.6. The number of halogens is 2. The molecule has 2 amide bonds. The molecule has 0 aliphatic carbocycles. The standard InChI is InChI=1S/C17H20Br2N2O5/c1-7(2)26-16(22)11-8(3)20-17(23)21-13(11)9-6-10(18)15(25-5)12(19)14(9)24-4/h6-7,13H,1-5H3,(H2,20,21,23). The highest BCUT2D eigenvalue weighted by atomic mass is 79.9. The van der Waals surface area contributed by atoms with Gasteiger partial charge in [0.25, 0.3) is 0 Å². The second kappa shape index (κ2) is 8.30. The van der Waals surface area contributed by atoms with Crippen molar-refractivity contribution in [3.05, 3.63) is 31.8 Å². The first-order valence-corrected chi connectivity index (χ1v) is 9.38. The third kappa shape index (κ3) is 3.98. The zero-order valence-electron chi connectivity index (χ0n) is 15.0. The van der Waals surface area contributed by atoms with Gasteiger partial charge in [0, 0.05) is 11.3 Å². The lowest BCUT2D eigenvalue weighted by atomic mass is 9.94. The minimum Gasteiger partial charge on any atom is -0.495 e. The molecule has 1 heterocycles. The highest BCUT2D eigenvalue weighted by Crippen LogP contribution is 2.46. The van der Waals surface area contributed by atoms with Gasteiger partial charge in [-0.2, -0.15) is 0 Å². The fourth-order valence-corrected chi connectivity index (χ4v) is 4.33. The number of rotatable bonds is 5. The fraction of sp³-hybridized carbons (Fsp3) is 0.412. The highest BCUT2D eigenvalue weighted by molar-refractivity contribution is 9.11. The number of ether oxygens (including phenoxy) is 3. The minimum atomic E-state index is -0.747. The molecule has 0 aromatic heterocycles. The molecule has 0 saturated heterocycles. The largest absolute Gasteiger partial charge is 0.495 e. The molecule has 9 heteroatoms. The van der Waals surface area contributed by atoms with Crippen molar-refractivity contribution >= 4 is 43.9 Å². The number of urea groups is 1. The van der Waals surface area contributed by atoms with Gasteiger partial charge < -0.3 is 24.8 Å². The molecule has 1 aromatic rings. The van der Waals surface area contributed by atoms with E-state index in [2.05, 4.69) is 42.5 Å². The van der Waals surface area contributed by atoms with Gasteiger partial charge in [0.1, 0.15) is 10.2 Å². The highest BCUT2D eigenvalue weighted by Gasteiger charge is 2.35. The molecule has 0 spiro atoms. The van der Waals surface area contributed by atoms with Crippen LogP contribution in [0.15, 0.2) is 26.3 Å². The van der Waals surface area contributed by atoms with Crippen LogP contribution in [-0.2, 0) is 9.53 Å². The van der Waals surface area contributed by atoms with Crippen LogP contribution in [0.3, 0.4) is 0 Å². The molecule has 142 valence electrons. The molecule has 0 radical (unpaired) electrons. The number of hydrogen-bond acceptors (Lipinski definition) is 5. The molecule has 2 N–H and O–H groups in total. The third-order valence-electron chi connectivity index (χ3n) is 3.71. The average molecular weight is 492 g/mol. The Labute approximate surface area is 168 Å². The van der Waals surface area contributed by atoms with Crippen molar-refractivity contribution in [3.8, 4) is 11.5 Å². The van der Waals surface area contributed by atoms with E-state index in [1.165, 1.54) is 14.2 Å². The summed E-state index contributed by atoms with van der Waals surface area (Å²) in [5.74, 6) is 0.470. The van der Waals surface area contributed by atoms with Crippen molar-refractivity contribution < 1.29 is 23.8 Å².